The first kappa shape index (κ1) is 12.6. The van der Waals surface area contributed by atoms with Gasteiger partial charge >= 0.3 is 0 Å². The maximum atomic E-state index is 13.1. The molecule has 0 aliphatic heterocycles. The third-order valence-electron chi connectivity index (χ3n) is 1.65. The van der Waals surface area contributed by atoms with E-state index in [1.54, 1.807) is 0 Å². The van der Waals surface area contributed by atoms with Crippen molar-refractivity contribution in [3.8, 4) is 5.88 Å². The molecular weight excluding hydrogens is 213 g/mol. The summed E-state index contributed by atoms with van der Waals surface area (Å²) in [6, 6.07) is 0. The van der Waals surface area contributed by atoms with Crippen molar-refractivity contribution in [2.75, 3.05) is 25.6 Å². The third-order valence-corrected chi connectivity index (χ3v) is 1.65. The Labute approximate surface area is 93.8 Å². The number of anilines is 1. The molecule has 0 aliphatic carbocycles. The van der Waals surface area contributed by atoms with E-state index in [9.17, 15) is 4.39 Å². The van der Waals surface area contributed by atoms with E-state index >= 15 is 0 Å². The van der Waals surface area contributed by atoms with Gasteiger partial charge in [-0.2, -0.15) is 9.37 Å². The van der Waals surface area contributed by atoms with Crippen LogP contribution in [0.5, 0.6) is 5.88 Å². The fraction of sp³-hybridized carbons (Fsp3) is 0.600. The number of nitrogens with two attached hydrogens (primary N) is 1. The van der Waals surface area contributed by atoms with Crippen molar-refractivity contribution in [2.45, 2.75) is 13.8 Å². The molecule has 0 saturated heterocycles. The Kier molecular flexibility index (Phi) is 4.91. The average Bonchev–Trinajstić information content (AvgIpc) is 2.22. The van der Waals surface area contributed by atoms with Crippen molar-refractivity contribution in [1.29, 1.82) is 0 Å². The topological polar surface area (TPSA) is 70.3 Å². The Bertz CT molecular complexity index is 334. The van der Waals surface area contributed by atoms with Gasteiger partial charge in [0.05, 0.1) is 12.8 Å². The molecule has 0 unspecified atom stereocenters. The second kappa shape index (κ2) is 6.22. The molecule has 6 heteroatoms. The average molecular weight is 229 g/mol. The molecule has 0 fully saturated rings. The molecule has 16 heavy (non-hydrogen) atoms. The largest absolute Gasteiger partial charge is 0.473 e. The Morgan fingerprint density at radius 2 is 2.19 bits per heavy atom. The van der Waals surface area contributed by atoms with Crippen LogP contribution in [0.25, 0.3) is 0 Å². The summed E-state index contributed by atoms with van der Waals surface area (Å²) in [5.41, 5.74) is 5.30. The second-order valence-electron chi connectivity index (χ2n) is 3.70. The van der Waals surface area contributed by atoms with E-state index in [4.69, 9.17) is 15.2 Å². The maximum Gasteiger partial charge on any atom is 0.255 e. The number of aromatic nitrogens is 2. The minimum absolute atomic E-state index is 0.0144. The highest BCUT2D eigenvalue weighted by Gasteiger charge is 2.06. The quantitative estimate of drug-likeness (QED) is 0.743. The molecule has 0 atom stereocenters. The fourth-order valence-electron chi connectivity index (χ4n) is 0.982. The summed E-state index contributed by atoms with van der Waals surface area (Å²) in [7, 11) is 0. The van der Waals surface area contributed by atoms with Gasteiger partial charge in [0.1, 0.15) is 6.61 Å². The Hall–Kier alpha value is -1.43. The van der Waals surface area contributed by atoms with Crippen LogP contribution in [0, 0.1) is 11.7 Å². The van der Waals surface area contributed by atoms with E-state index in [1.807, 2.05) is 13.8 Å². The van der Waals surface area contributed by atoms with Crippen LogP contribution in [0.3, 0.4) is 0 Å². The second-order valence-corrected chi connectivity index (χ2v) is 3.70. The van der Waals surface area contributed by atoms with Crippen LogP contribution < -0.4 is 10.5 Å². The smallest absolute Gasteiger partial charge is 0.255 e. The lowest BCUT2D eigenvalue weighted by Gasteiger charge is -2.08. The van der Waals surface area contributed by atoms with Crippen LogP contribution in [-0.4, -0.2) is 29.8 Å². The van der Waals surface area contributed by atoms with E-state index in [2.05, 4.69) is 9.97 Å². The van der Waals surface area contributed by atoms with Gasteiger partial charge in [0, 0.05) is 6.61 Å². The lowest BCUT2D eigenvalue weighted by atomic mass is 10.2. The normalized spacial score (nSPS) is 10.8. The van der Waals surface area contributed by atoms with E-state index < -0.39 is 5.82 Å². The highest BCUT2D eigenvalue weighted by atomic mass is 19.1. The Balaban J connectivity index is 2.29. The first-order chi connectivity index (χ1) is 7.59. The summed E-state index contributed by atoms with van der Waals surface area (Å²) in [6.45, 7) is 5.37. The molecule has 1 aromatic heterocycles. The molecule has 1 heterocycles. The van der Waals surface area contributed by atoms with Crippen molar-refractivity contribution in [1.82, 2.24) is 9.97 Å². The molecule has 0 amide bonds. The van der Waals surface area contributed by atoms with Gasteiger partial charge in [0.2, 0.25) is 11.8 Å². The Morgan fingerprint density at radius 3 is 2.88 bits per heavy atom. The Morgan fingerprint density at radius 1 is 1.44 bits per heavy atom. The first-order valence-electron chi connectivity index (χ1n) is 5.08. The number of hydrogen-bond acceptors (Lipinski definition) is 5. The molecule has 0 saturated carbocycles. The fourth-order valence-corrected chi connectivity index (χ4v) is 0.982. The van der Waals surface area contributed by atoms with E-state index in [-0.39, 0.29) is 18.4 Å². The zero-order valence-corrected chi connectivity index (χ0v) is 9.44. The minimum atomic E-state index is -0.627. The number of nitrogen functional groups attached to an aromatic ring is 1. The van der Waals surface area contributed by atoms with Gasteiger partial charge in [-0.25, -0.2) is 4.98 Å². The SMILES string of the molecule is CC(C)COCCOc1nc(N)ncc1F. The molecule has 0 aliphatic rings. The predicted octanol–water partition coefficient (Wildman–Crippen LogP) is 1.25. The number of ether oxygens (including phenoxy) is 2. The summed E-state index contributed by atoms with van der Waals surface area (Å²) >= 11 is 0. The van der Waals surface area contributed by atoms with Gasteiger partial charge in [-0.3, -0.25) is 0 Å². The molecule has 1 aromatic rings. The van der Waals surface area contributed by atoms with Crippen LogP contribution in [0.1, 0.15) is 13.8 Å². The van der Waals surface area contributed by atoms with Crippen molar-refractivity contribution in [3.05, 3.63) is 12.0 Å². The van der Waals surface area contributed by atoms with Crippen molar-refractivity contribution < 1.29 is 13.9 Å². The summed E-state index contributed by atoms with van der Waals surface area (Å²) in [6.07, 6.45) is 0.979. The monoisotopic (exact) mass is 229 g/mol. The van der Waals surface area contributed by atoms with Crippen molar-refractivity contribution in [2.24, 2.45) is 5.92 Å². The highest BCUT2D eigenvalue weighted by Crippen LogP contribution is 2.12. The van der Waals surface area contributed by atoms with E-state index in [0.717, 1.165) is 6.20 Å². The first-order valence-corrected chi connectivity index (χ1v) is 5.08. The molecule has 90 valence electrons. The third kappa shape index (κ3) is 4.39. The summed E-state index contributed by atoms with van der Waals surface area (Å²) in [5, 5.41) is 0. The highest BCUT2D eigenvalue weighted by molar-refractivity contribution is 5.22. The maximum absolute atomic E-state index is 13.1. The van der Waals surface area contributed by atoms with Gasteiger partial charge < -0.3 is 15.2 Å². The van der Waals surface area contributed by atoms with E-state index in [0.29, 0.717) is 19.1 Å². The van der Waals surface area contributed by atoms with Crippen LogP contribution in [-0.2, 0) is 4.74 Å². The van der Waals surface area contributed by atoms with Gasteiger partial charge in [-0.05, 0) is 5.92 Å². The molecule has 0 radical (unpaired) electrons. The number of hydrogen-bond donors (Lipinski definition) is 1. The molecular formula is C10H16FN3O2. The lowest BCUT2D eigenvalue weighted by molar-refractivity contribution is 0.0793. The van der Waals surface area contributed by atoms with Gasteiger partial charge in [-0.15, -0.1) is 0 Å². The van der Waals surface area contributed by atoms with Crippen LogP contribution in [0.15, 0.2) is 6.20 Å². The lowest BCUT2D eigenvalue weighted by Crippen LogP contribution is -2.12. The molecule has 0 aromatic carbocycles. The number of nitrogens with zero attached hydrogens (tertiary/aromatic N) is 2. The molecule has 0 spiro atoms. The predicted molar refractivity (Wildman–Crippen MR) is 57.6 cm³/mol. The van der Waals surface area contributed by atoms with Crippen LogP contribution >= 0.6 is 0 Å². The standard InChI is InChI=1S/C10H16FN3O2/c1-7(2)6-15-3-4-16-9-8(11)5-13-10(12)14-9/h5,7H,3-4,6H2,1-2H3,(H2,12,13,14). The zero-order chi connectivity index (χ0) is 12.0. The van der Waals surface area contributed by atoms with E-state index in [1.165, 1.54) is 0 Å². The molecule has 1 rings (SSSR count). The number of rotatable bonds is 6. The summed E-state index contributed by atoms with van der Waals surface area (Å²) in [5.74, 6) is -0.315. The molecule has 0 bridgehead atoms. The van der Waals surface area contributed by atoms with Crippen LogP contribution in [0.4, 0.5) is 10.3 Å². The summed E-state index contributed by atoms with van der Waals surface area (Å²) < 4.78 is 23.4. The van der Waals surface area contributed by atoms with Gasteiger partial charge in [0.15, 0.2) is 0 Å². The molecule has 5 nitrogen and oxygen atoms in total. The van der Waals surface area contributed by atoms with Crippen molar-refractivity contribution in [3.63, 3.8) is 0 Å². The minimum Gasteiger partial charge on any atom is -0.473 e. The zero-order valence-electron chi connectivity index (χ0n) is 9.44. The van der Waals surface area contributed by atoms with Crippen molar-refractivity contribution >= 4 is 5.95 Å². The van der Waals surface area contributed by atoms with Crippen LogP contribution in [0.2, 0.25) is 0 Å². The molecule has 2 N–H and O–H groups in total. The number of halogens is 1. The summed E-state index contributed by atoms with van der Waals surface area (Å²) in [4.78, 5) is 7.11. The van der Waals surface area contributed by atoms with Gasteiger partial charge in [0.25, 0.3) is 5.88 Å². The van der Waals surface area contributed by atoms with Gasteiger partial charge in [-0.1, -0.05) is 13.8 Å².